The SMILES string of the molecule is CCCc1nc(CNC(C)C)c2cccc(C)n12. The molecule has 3 heteroatoms. The third kappa shape index (κ3) is 2.56. The van der Waals surface area contributed by atoms with Gasteiger partial charge in [0.1, 0.15) is 5.82 Å². The molecule has 0 bridgehead atoms. The van der Waals surface area contributed by atoms with E-state index in [2.05, 4.69) is 55.6 Å². The minimum absolute atomic E-state index is 0.487. The molecular formula is C15H23N3. The van der Waals surface area contributed by atoms with Gasteiger partial charge in [0.2, 0.25) is 0 Å². The summed E-state index contributed by atoms with van der Waals surface area (Å²) in [4.78, 5) is 4.81. The van der Waals surface area contributed by atoms with Crippen LogP contribution in [0.5, 0.6) is 0 Å². The number of pyridine rings is 1. The predicted molar refractivity (Wildman–Crippen MR) is 75.9 cm³/mol. The number of aryl methyl sites for hydroxylation is 2. The molecule has 0 atom stereocenters. The van der Waals surface area contributed by atoms with E-state index < -0.39 is 0 Å². The summed E-state index contributed by atoms with van der Waals surface area (Å²) in [6.45, 7) is 9.51. The van der Waals surface area contributed by atoms with Gasteiger partial charge in [-0.05, 0) is 25.5 Å². The monoisotopic (exact) mass is 245 g/mol. The Hall–Kier alpha value is -1.35. The van der Waals surface area contributed by atoms with Gasteiger partial charge in [0, 0.05) is 24.7 Å². The second-order valence-electron chi connectivity index (χ2n) is 5.15. The van der Waals surface area contributed by atoms with Gasteiger partial charge in [-0.15, -0.1) is 0 Å². The molecule has 0 saturated heterocycles. The zero-order valence-corrected chi connectivity index (χ0v) is 11.8. The summed E-state index contributed by atoms with van der Waals surface area (Å²) in [7, 11) is 0. The van der Waals surface area contributed by atoms with Gasteiger partial charge in [0.25, 0.3) is 0 Å². The average molecular weight is 245 g/mol. The number of rotatable bonds is 5. The van der Waals surface area contributed by atoms with Crippen LogP contribution in [0.4, 0.5) is 0 Å². The normalized spacial score (nSPS) is 11.6. The molecule has 18 heavy (non-hydrogen) atoms. The first kappa shape index (κ1) is 13.1. The van der Waals surface area contributed by atoms with E-state index in [1.807, 2.05) is 0 Å². The van der Waals surface area contributed by atoms with Crippen molar-refractivity contribution in [3.63, 3.8) is 0 Å². The zero-order chi connectivity index (χ0) is 13.1. The maximum Gasteiger partial charge on any atom is 0.113 e. The van der Waals surface area contributed by atoms with Gasteiger partial charge in [0.15, 0.2) is 0 Å². The lowest BCUT2D eigenvalue weighted by Gasteiger charge is -2.06. The van der Waals surface area contributed by atoms with Crippen molar-refractivity contribution >= 4 is 5.52 Å². The highest BCUT2D eigenvalue weighted by Crippen LogP contribution is 2.17. The minimum Gasteiger partial charge on any atom is -0.309 e. The van der Waals surface area contributed by atoms with Crippen molar-refractivity contribution in [2.75, 3.05) is 0 Å². The van der Waals surface area contributed by atoms with Gasteiger partial charge < -0.3 is 9.72 Å². The van der Waals surface area contributed by atoms with Crippen LogP contribution in [-0.2, 0) is 13.0 Å². The fourth-order valence-electron chi connectivity index (χ4n) is 2.27. The summed E-state index contributed by atoms with van der Waals surface area (Å²) in [6.07, 6.45) is 2.16. The molecule has 0 unspecified atom stereocenters. The van der Waals surface area contributed by atoms with E-state index in [0.717, 1.165) is 25.1 Å². The molecule has 0 radical (unpaired) electrons. The third-order valence-corrected chi connectivity index (χ3v) is 3.15. The van der Waals surface area contributed by atoms with Crippen molar-refractivity contribution in [3.8, 4) is 0 Å². The van der Waals surface area contributed by atoms with Crippen molar-refractivity contribution in [1.82, 2.24) is 14.7 Å². The lowest BCUT2D eigenvalue weighted by Crippen LogP contribution is -2.22. The predicted octanol–water partition coefficient (Wildman–Crippen LogP) is 3.09. The second-order valence-corrected chi connectivity index (χ2v) is 5.15. The Bertz CT molecular complexity index is 526. The Morgan fingerprint density at radius 3 is 2.78 bits per heavy atom. The van der Waals surface area contributed by atoms with E-state index in [0.29, 0.717) is 6.04 Å². The van der Waals surface area contributed by atoms with Crippen molar-refractivity contribution in [2.45, 2.75) is 53.1 Å². The van der Waals surface area contributed by atoms with E-state index in [1.54, 1.807) is 0 Å². The highest BCUT2D eigenvalue weighted by Gasteiger charge is 2.11. The van der Waals surface area contributed by atoms with Crippen molar-refractivity contribution < 1.29 is 0 Å². The molecule has 0 saturated carbocycles. The van der Waals surface area contributed by atoms with Crippen LogP contribution in [0.3, 0.4) is 0 Å². The lowest BCUT2D eigenvalue weighted by atomic mass is 10.2. The van der Waals surface area contributed by atoms with Crippen molar-refractivity contribution in [3.05, 3.63) is 35.4 Å². The first-order chi connectivity index (χ1) is 8.63. The van der Waals surface area contributed by atoms with Gasteiger partial charge in [-0.25, -0.2) is 4.98 Å². The van der Waals surface area contributed by atoms with Gasteiger partial charge in [-0.3, -0.25) is 0 Å². The zero-order valence-electron chi connectivity index (χ0n) is 11.8. The smallest absolute Gasteiger partial charge is 0.113 e. The summed E-state index contributed by atoms with van der Waals surface area (Å²) in [5.41, 5.74) is 3.67. The molecule has 0 spiro atoms. The minimum atomic E-state index is 0.487. The van der Waals surface area contributed by atoms with Crippen LogP contribution in [-0.4, -0.2) is 15.4 Å². The van der Waals surface area contributed by atoms with Crippen LogP contribution in [0.15, 0.2) is 18.2 Å². The Morgan fingerprint density at radius 1 is 1.33 bits per heavy atom. The van der Waals surface area contributed by atoms with E-state index in [1.165, 1.54) is 17.0 Å². The molecule has 0 amide bonds. The Balaban J connectivity index is 2.44. The van der Waals surface area contributed by atoms with Crippen LogP contribution >= 0.6 is 0 Å². The molecule has 2 heterocycles. The fourth-order valence-corrected chi connectivity index (χ4v) is 2.27. The number of fused-ring (bicyclic) bond motifs is 1. The summed E-state index contributed by atoms with van der Waals surface area (Å²) < 4.78 is 2.29. The molecule has 3 nitrogen and oxygen atoms in total. The van der Waals surface area contributed by atoms with Crippen molar-refractivity contribution in [2.24, 2.45) is 0 Å². The quantitative estimate of drug-likeness (QED) is 0.877. The number of hydrogen-bond donors (Lipinski definition) is 1. The Morgan fingerprint density at radius 2 is 2.11 bits per heavy atom. The first-order valence-electron chi connectivity index (χ1n) is 6.82. The van der Waals surface area contributed by atoms with Gasteiger partial charge in [-0.1, -0.05) is 26.8 Å². The summed E-state index contributed by atoms with van der Waals surface area (Å²) in [5, 5.41) is 3.45. The highest BCUT2D eigenvalue weighted by molar-refractivity contribution is 5.54. The number of aromatic nitrogens is 2. The van der Waals surface area contributed by atoms with Crippen LogP contribution < -0.4 is 5.32 Å². The lowest BCUT2D eigenvalue weighted by molar-refractivity contribution is 0.584. The molecule has 98 valence electrons. The molecule has 0 aromatic carbocycles. The Kier molecular flexibility index (Phi) is 4.02. The van der Waals surface area contributed by atoms with Crippen LogP contribution in [0.2, 0.25) is 0 Å². The Labute approximate surface area is 109 Å². The first-order valence-corrected chi connectivity index (χ1v) is 6.82. The van der Waals surface area contributed by atoms with Crippen molar-refractivity contribution in [1.29, 1.82) is 0 Å². The maximum absolute atomic E-state index is 4.81. The molecule has 0 aliphatic heterocycles. The third-order valence-electron chi connectivity index (χ3n) is 3.15. The van der Waals surface area contributed by atoms with Crippen LogP contribution in [0.1, 0.15) is 44.4 Å². The molecule has 2 rings (SSSR count). The molecule has 1 N–H and O–H groups in total. The standard InChI is InChI=1S/C15H23N3/c1-5-7-15-17-13(10-16-11(2)3)14-9-6-8-12(4)18(14)15/h6,8-9,11,16H,5,7,10H2,1-4H3. The summed E-state index contributed by atoms with van der Waals surface area (Å²) in [5.74, 6) is 1.19. The summed E-state index contributed by atoms with van der Waals surface area (Å²) in [6, 6.07) is 6.91. The molecular weight excluding hydrogens is 222 g/mol. The van der Waals surface area contributed by atoms with E-state index >= 15 is 0 Å². The average Bonchev–Trinajstić information content (AvgIpc) is 2.67. The fraction of sp³-hybridized carbons (Fsp3) is 0.533. The van der Waals surface area contributed by atoms with E-state index in [4.69, 9.17) is 4.98 Å². The number of nitrogens with zero attached hydrogens (tertiary/aromatic N) is 2. The number of imidazole rings is 1. The second kappa shape index (κ2) is 5.53. The topological polar surface area (TPSA) is 29.3 Å². The molecule has 0 aliphatic rings. The molecule has 0 aliphatic carbocycles. The largest absolute Gasteiger partial charge is 0.309 e. The van der Waals surface area contributed by atoms with Gasteiger partial charge in [-0.2, -0.15) is 0 Å². The molecule has 0 fully saturated rings. The maximum atomic E-state index is 4.81. The number of hydrogen-bond acceptors (Lipinski definition) is 2. The van der Waals surface area contributed by atoms with E-state index in [-0.39, 0.29) is 0 Å². The van der Waals surface area contributed by atoms with Crippen LogP contribution in [0.25, 0.3) is 5.52 Å². The van der Waals surface area contributed by atoms with Gasteiger partial charge >= 0.3 is 0 Å². The molecule has 2 aromatic rings. The number of nitrogens with one attached hydrogen (secondary N) is 1. The van der Waals surface area contributed by atoms with Crippen LogP contribution in [0, 0.1) is 6.92 Å². The van der Waals surface area contributed by atoms with Gasteiger partial charge in [0.05, 0.1) is 11.2 Å². The van der Waals surface area contributed by atoms with E-state index in [9.17, 15) is 0 Å². The molecule has 2 aromatic heterocycles. The highest BCUT2D eigenvalue weighted by atomic mass is 15.1. The summed E-state index contributed by atoms with van der Waals surface area (Å²) >= 11 is 0.